The average molecular weight is 455 g/mol. The number of carbonyl (C=O) groups excluding carboxylic acids is 2. The van der Waals surface area contributed by atoms with Gasteiger partial charge in [-0.15, -0.1) is 0 Å². The predicted octanol–water partition coefficient (Wildman–Crippen LogP) is 1.03. The van der Waals surface area contributed by atoms with Gasteiger partial charge in [-0.1, -0.05) is 22.0 Å². The number of hydrogen-bond donors (Lipinski definition) is 1. The summed E-state index contributed by atoms with van der Waals surface area (Å²) in [5.41, 5.74) is 5.92. The summed E-state index contributed by atoms with van der Waals surface area (Å²) in [7, 11) is -2.20. The molecule has 0 saturated carbocycles. The highest BCUT2D eigenvalue weighted by molar-refractivity contribution is 9.10. The maximum atomic E-state index is 12.8. The van der Waals surface area contributed by atoms with Gasteiger partial charge in [0.15, 0.2) is 0 Å². The number of benzene rings is 1. The number of nitrogens with zero attached hydrogens (tertiary/aromatic N) is 3. The van der Waals surface area contributed by atoms with Crippen molar-refractivity contribution in [1.82, 2.24) is 13.8 Å². The first-order chi connectivity index (χ1) is 12.7. The number of hydrogen-bond acceptors (Lipinski definition) is 4. The van der Waals surface area contributed by atoms with Crippen molar-refractivity contribution in [1.29, 1.82) is 0 Å². The van der Waals surface area contributed by atoms with E-state index < -0.39 is 15.9 Å². The molecule has 1 aliphatic heterocycles. The van der Waals surface area contributed by atoms with Gasteiger partial charge in [-0.3, -0.25) is 9.59 Å². The smallest absolute Gasteiger partial charge is 0.265 e. The number of halogens is 1. The van der Waals surface area contributed by atoms with E-state index in [1.165, 1.54) is 21.1 Å². The third kappa shape index (κ3) is 3.92. The zero-order valence-corrected chi connectivity index (χ0v) is 17.0. The number of primary amides is 1. The number of aromatic nitrogens is 1. The predicted molar refractivity (Wildman–Crippen MR) is 103 cm³/mol. The quantitative estimate of drug-likeness (QED) is 0.744. The molecule has 2 N–H and O–H groups in total. The number of piperazine rings is 1. The van der Waals surface area contributed by atoms with E-state index >= 15 is 0 Å². The monoisotopic (exact) mass is 454 g/mol. The van der Waals surface area contributed by atoms with E-state index in [1.807, 2.05) is 6.07 Å². The number of amides is 2. The maximum Gasteiger partial charge on any atom is 0.265 e. The van der Waals surface area contributed by atoms with Crippen molar-refractivity contribution < 1.29 is 18.0 Å². The average Bonchev–Trinajstić information content (AvgIpc) is 3.04. The van der Waals surface area contributed by atoms with Gasteiger partial charge in [0.1, 0.15) is 10.6 Å². The minimum Gasteiger partial charge on any atom is -0.364 e. The largest absolute Gasteiger partial charge is 0.364 e. The van der Waals surface area contributed by atoms with Crippen LogP contribution >= 0.6 is 15.9 Å². The number of sulfonamides is 1. The highest BCUT2D eigenvalue weighted by Crippen LogP contribution is 2.21. The van der Waals surface area contributed by atoms with E-state index in [2.05, 4.69) is 15.9 Å². The summed E-state index contributed by atoms with van der Waals surface area (Å²) in [6.07, 6.45) is 1.37. The van der Waals surface area contributed by atoms with Gasteiger partial charge in [-0.25, -0.2) is 8.42 Å². The molecule has 1 fully saturated rings. The molecule has 3 rings (SSSR count). The summed E-state index contributed by atoms with van der Waals surface area (Å²) in [5, 5.41) is 0. The first-order valence-corrected chi connectivity index (χ1v) is 10.4. The Hall–Kier alpha value is -2.17. The normalized spacial score (nSPS) is 15.7. The molecule has 1 aliphatic rings. The van der Waals surface area contributed by atoms with Crippen molar-refractivity contribution in [2.24, 2.45) is 12.8 Å². The lowest BCUT2D eigenvalue weighted by atomic mass is 10.2. The first-order valence-electron chi connectivity index (χ1n) is 8.21. The zero-order valence-electron chi connectivity index (χ0n) is 14.6. The van der Waals surface area contributed by atoms with Crippen LogP contribution in [0.15, 0.2) is 45.9 Å². The van der Waals surface area contributed by atoms with Gasteiger partial charge in [-0.2, -0.15) is 4.31 Å². The molecule has 0 unspecified atom stereocenters. The van der Waals surface area contributed by atoms with Gasteiger partial charge < -0.3 is 15.2 Å². The summed E-state index contributed by atoms with van der Waals surface area (Å²) in [4.78, 5) is 25.6. The molecule has 27 heavy (non-hydrogen) atoms. The minimum atomic E-state index is -3.76. The second-order valence-electron chi connectivity index (χ2n) is 6.24. The van der Waals surface area contributed by atoms with Crippen LogP contribution in [0.1, 0.15) is 20.8 Å². The zero-order chi connectivity index (χ0) is 19.8. The van der Waals surface area contributed by atoms with Crippen molar-refractivity contribution in [2.75, 3.05) is 26.2 Å². The fraction of sp³-hybridized carbons (Fsp3) is 0.294. The molecule has 0 radical (unpaired) electrons. The Kier molecular flexibility index (Phi) is 5.41. The first kappa shape index (κ1) is 19.6. The van der Waals surface area contributed by atoms with Crippen LogP contribution in [0, 0.1) is 0 Å². The van der Waals surface area contributed by atoms with Crippen LogP contribution < -0.4 is 5.73 Å². The fourth-order valence-corrected chi connectivity index (χ4v) is 4.90. The van der Waals surface area contributed by atoms with Crippen molar-refractivity contribution in [3.05, 3.63) is 52.3 Å². The SMILES string of the molecule is Cn1cc(S(=O)(=O)N2CCN(C(=O)c3cccc(Br)c3)CC2)cc1C(N)=O. The van der Waals surface area contributed by atoms with E-state index in [0.29, 0.717) is 18.7 Å². The molecule has 10 heteroatoms. The van der Waals surface area contributed by atoms with E-state index in [9.17, 15) is 18.0 Å². The Morgan fingerprint density at radius 2 is 1.78 bits per heavy atom. The fourth-order valence-electron chi connectivity index (χ4n) is 3.00. The lowest BCUT2D eigenvalue weighted by Gasteiger charge is -2.33. The van der Waals surface area contributed by atoms with Crippen LogP contribution in [-0.2, 0) is 17.1 Å². The van der Waals surface area contributed by atoms with Crippen LogP contribution in [-0.4, -0.2) is 60.2 Å². The van der Waals surface area contributed by atoms with Crippen molar-refractivity contribution in [2.45, 2.75) is 4.90 Å². The summed E-state index contributed by atoms with van der Waals surface area (Å²) >= 11 is 3.34. The highest BCUT2D eigenvalue weighted by atomic mass is 79.9. The van der Waals surface area contributed by atoms with E-state index in [1.54, 1.807) is 30.1 Å². The maximum absolute atomic E-state index is 12.8. The van der Waals surface area contributed by atoms with Gasteiger partial charge >= 0.3 is 0 Å². The topological polar surface area (TPSA) is 106 Å². The summed E-state index contributed by atoms with van der Waals surface area (Å²) in [5.74, 6) is -0.826. The Morgan fingerprint density at radius 1 is 1.11 bits per heavy atom. The van der Waals surface area contributed by atoms with Crippen LogP contribution in [0.25, 0.3) is 0 Å². The van der Waals surface area contributed by atoms with Crippen LogP contribution in [0.4, 0.5) is 0 Å². The molecule has 1 aromatic heterocycles. The van der Waals surface area contributed by atoms with Crippen LogP contribution in [0.5, 0.6) is 0 Å². The molecule has 1 aromatic carbocycles. The highest BCUT2D eigenvalue weighted by Gasteiger charge is 2.31. The van der Waals surface area contributed by atoms with Gasteiger partial charge in [-0.05, 0) is 24.3 Å². The summed E-state index contributed by atoms with van der Waals surface area (Å²) < 4.78 is 29.2. The summed E-state index contributed by atoms with van der Waals surface area (Å²) in [6.45, 7) is 0.950. The molecular formula is C17H19BrN4O4S. The van der Waals surface area contributed by atoms with Gasteiger partial charge in [0.25, 0.3) is 11.8 Å². The molecule has 8 nitrogen and oxygen atoms in total. The Labute approximate surface area is 165 Å². The second kappa shape index (κ2) is 7.45. The summed E-state index contributed by atoms with van der Waals surface area (Å²) in [6, 6.07) is 8.36. The van der Waals surface area contributed by atoms with Crippen molar-refractivity contribution in [3.63, 3.8) is 0 Å². The van der Waals surface area contributed by atoms with Crippen LogP contribution in [0.3, 0.4) is 0 Å². The van der Waals surface area contributed by atoms with E-state index in [0.717, 1.165) is 4.47 Å². The molecule has 0 atom stereocenters. The molecule has 0 spiro atoms. The molecule has 0 aliphatic carbocycles. The third-order valence-electron chi connectivity index (χ3n) is 4.47. The van der Waals surface area contributed by atoms with Crippen LogP contribution in [0.2, 0.25) is 0 Å². The number of carbonyl (C=O) groups is 2. The standard InChI is InChI=1S/C17H19BrN4O4S/c1-20-11-14(10-15(20)16(19)23)27(25,26)22-7-5-21(6-8-22)17(24)12-3-2-4-13(18)9-12/h2-4,9-11H,5-8H2,1H3,(H2,19,23). The lowest BCUT2D eigenvalue weighted by Crippen LogP contribution is -2.50. The Bertz CT molecular complexity index is 994. The van der Waals surface area contributed by atoms with E-state index in [4.69, 9.17) is 5.73 Å². The molecular weight excluding hydrogens is 436 g/mol. The molecule has 2 heterocycles. The Balaban J connectivity index is 1.72. The Morgan fingerprint density at radius 3 is 2.33 bits per heavy atom. The molecule has 2 aromatic rings. The molecule has 0 bridgehead atoms. The third-order valence-corrected chi connectivity index (χ3v) is 6.82. The van der Waals surface area contributed by atoms with Gasteiger partial charge in [0.2, 0.25) is 10.0 Å². The van der Waals surface area contributed by atoms with Crippen molar-refractivity contribution in [3.8, 4) is 0 Å². The van der Waals surface area contributed by atoms with E-state index in [-0.39, 0.29) is 29.6 Å². The number of aryl methyl sites for hydroxylation is 1. The minimum absolute atomic E-state index is 0.0190. The second-order valence-corrected chi connectivity index (χ2v) is 9.10. The molecule has 2 amide bonds. The number of nitrogens with two attached hydrogens (primary N) is 1. The van der Waals surface area contributed by atoms with Crippen molar-refractivity contribution >= 4 is 37.8 Å². The van der Waals surface area contributed by atoms with Gasteiger partial charge in [0.05, 0.1) is 0 Å². The lowest BCUT2D eigenvalue weighted by molar-refractivity contribution is 0.0697. The molecule has 144 valence electrons. The molecule has 1 saturated heterocycles. The van der Waals surface area contributed by atoms with Gasteiger partial charge in [0, 0.05) is 49.5 Å². The number of rotatable bonds is 4.